The molecule has 0 fully saturated rings. The molecule has 0 radical (unpaired) electrons. The maximum Gasteiger partial charge on any atom is 0.323 e. The van der Waals surface area contributed by atoms with Gasteiger partial charge >= 0.3 is 5.97 Å². The van der Waals surface area contributed by atoms with Crippen molar-refractivity contribution in [1.29, 1.82) is 0 Å². The summed E-state index contributed by atoms with van der Waals surface area (Å²) in [5, 5.41) is 1.04. The van der Waals surface area contributed by atoms with Crippen LogP contribution in [0.5, 0.6) is 0 Å². The number of benzene rings is 1. The maximum absolute atomic E-state index is 11.9. The number of hydrogen-bond acceptors (Lipinski definition) is 4. The number of fused-ring (bicyclic) bond motifs is 1. The van der Waals surface area contributed by atoms with Gasteiger partial charge in [0.05, 0.1) is 5.52 Å². The molecular weight excluding hydrogens is 252 g/mol. The number of para-hydroxylation sites is 1. The van der Waals surface area contributed by atoms with E-state index in [9.17, 15) is 4.79 Å². The molecule has 0 aliphatic rings. The molecule has 1 unspecified atom stereocenters. The van der Waals surface area contributed by atoms with E-state index < -0.39 is 11.6 Å². The Hall–Kier alpha value is -1.94. The first-order valence-electron chi connectivity index (χ1n) is 6.67. The van der Waals surface area contributed by atoms with E-state index in [1.807, 2.05) is 51.1 Å². The van der Waals surface area contributed by atoms with E-state index in [1.165, 1.54) is 0 Å². The van der Waals surface area contributed by atoms with E-state index in [0.29, 0.717) is 6.42 Å². The van der Waals surface area contributed by atoms with Gasteiger partial charge in [-0.15, -0.1) is 0 Å². The van der Waals surface area contributed by atoms with Crippen LogP contribution < -0.4 is 5.73 Å². The van der Waals surface area contributed by atoms with Crippen LogP contribution in [0.2, 0.25) is 0 Å². The lowest BCUT2D eigenvalue weighted by Crippen LogP contribution is -2.38. The maximum atomic E-state index is 11.9. The molecule has 106 valence electrons. The van der Waals surface area contributed by atoms with Crippen LogP contribution in [-0.2, 0) is 16.0 Å². The van der Waals surface area contributed by atoms with Crippen LogP contribution in [0.15, 0.2) is 36.5 Å². The van der Waals surface area contributed by atoms with Crippen molar-refractivity contribution in [2.75, 3.05) is 0 Å². The summed E-state index contributed by atoms with van der Waals surface area (Å²) < 4.78 is 5.27. The Kier molecular flexibility index (Phi) is 4.04. The molecule has 4 heteroatoms. The molecule has 1 aromatic carbocycles. The molecule has 1 atom stereocenters. The molecule has 2 aromatic rings. The Morgan fingerprint density at radius 1 is 1.35 bits per heavy atom. The van der Waals surface area contributed by atoms with Crippen molar-refractivity contribution >= 4 is 16.9 Å². The first-order chi connectivity index (χ1) is 9.35. The van der Waals surface area contributed by atoms with E-state index in [1.54, 1.807) is 6.20 Å². The minimum atomic E-state index is -0.669. The highest BCUT2D eigenvalue weighted by Crippen LogP contribution is 2.15. The van der Waals surface area contributed by atoms with Gasteiger partial charge in [-0.1, -0.05) is 18.2 Å². The Labute approximate surface area is 119 Å². The number of hydrogen-bond donors (Lipinski definition) is 1. The quantitative estimate of drug-likeness (QED) is 0.872. The lowest BCUT2D eigenvalue weighted by atomic mass is 10.1. The Morgan fingerprint density at radius 3 is 2.75 bits per heavy atom. The van der Waals surface area contributed by atoms with E-state index in [-0.39, 0.29) is 5.97 Å². The second kappa shape index (κ2) is 5.59. The molecule has 0 saturated heterocycles. The highest BCUT2D eigenvalue weighted by atomic mass is 16.6. The fourth-order valence-electron chi connectivity index (χ4n) is 1.94. The Morgan fingerprint density at radius 2 is 2.05 bits per heavy atom. The summed E-state index contributed by atoms with van der Waals surface area (Å²) in [6.45, 7) is 5.49. The molecule has 0 saturated carbocycles. The van der Waals surface area contributed by atoms with Gasteiger partial charge in [0, 0.05) is 11.6 Å². The Balaban J connectivity index is 2.09. The van der Waals surface area contributed by atoms with Crippen LogP contribution in [0, 0.1) is 0 Å². The summed E-state index contributed by atoms with van der Waals surface area (Å²) >= 11 is 0. The fourth-order valence-corrected chi connectivity index (χ4v) is 1.94. The number of aromatic nitrogens is 1. The average molecular weight is 272 g/mol. The van der Waals surface area contributed by atoms with Crippen molar-refractivity contribution in [3.63, 3.8) is 0 Å². The van der Waals surface area contributed by atoms with Gasteiger partial charge < -0.3 is 10.5 Å². The number of ether oxygens (including phenoxy) is 1. The van der Waals surface area contributed by atoms with E-state index >= 15 is 0 Å². The second-order valence-electron chi connectivity index (χ2n) is 5.88. The fraction of sp³-hybridized carbons (Fsp3) is 0.375. The summed E-state index contributed by atoms with van der Waals surface area (Å²) in [7, 11) is 0. The van der Waals surface area contributed by atoms with Crippen LogP contribution in [0.3, 0.4) is 0 Å². The van der Waals surface area contributed by atoms with Crippen LogP contribution in [0.25, 0.3) is 10.9 Å². The number of esters is 1. The van der Waals surface area contributed by atoms with Crippen LogP contribution in [0.4, 0.5) is 0 Å². The van der Waals surface area contributed by atoms with Crippen molar-refractivity contribution < 1.29 is 9.53 Å². The van der Waals surface area contributed by atoms with Gasteiger partial charge in [-0.2, -0.15) is 0 Å². The number of nitrogens with zero attached hydrogens (tertiary/aromatic N) is 1. The van der Waals surface area contributed by atoms with Crippen molar-refractivity contribution in [2.45, 2.75) is 38.8 Å². The predicted molar refractivity (Wildman–Crippen MR) is 79.3 cm³/mol. The predicted octanol–water partition coefficient (Wildman–Crippen LogP) is 2.45. The molecule has 2 rings (SSSR count). The zero-order chi connectivity index (χ0) is 14.8. The summed E-state index contributed by atoms with van der Waals surface area (Å²) in [5.41, 5.74) is 7.25. The third-order valence-electron chi connectivity index (χ3n) is 2.81. The smallest absolute Gasteiger partial charge is 0.323 e. The lowest BCUT2D eigenvalue weighted by molar-refractivity contribution is -0.156. The topological polar surface area (TPSA) is 65.2 Å². The third kappa shape index (κ3) is 3.78. The first kappa shape index (κ1) is 14.5. The molecule has 0 aliphatic carbocycles. The van der Waals surface area contributed by atoms with E-state index in [0.717, 1.165) is 16.5 Å². The molecule has 2 N–H and O–H groups in total. The second-order valence-corrected chi connectivity index (χ2v) is 5.88. The number of nitrogens with two attached hydrogens (primary N) is 1. The van der Waals surface area contributed by atoms with Gasteiger partial charge in [-0.05, 0) is 44.9 Å². The zero-order valence-electron chi connectivity index (χ0n) is 12.1. The summed E-state index contributed by atoms with van der Waals surface area (Å²) in [4.78, 5) is 16.2. The van der Waals surface area contributed by atoms with Gasteiger partial charge in [0.1, 0.15) is 11.6 Å². The van der Waals surface area contributed by atoms with Crippen LogP contribution >= 0.6 is 0 Å². The molecule has 0 spiro atoms. The first-order valence-corrected chi connectivity index (χ1v) is 6.67. The Bertz CT molecular complexity index is 617. The van der Waals surface area contributed by atoms with E-state index in [4.69, 9.17) is 10.5 Å². The molecular formula is C16H20N2O2. The molecule has 20 heavy (non-hydrogen) atoms. The molecule has 1 aromatic heterocycles. The van der Waals surface area contributed by atoms with Gasteiger partial charge in [-0.25, -0.2) is 0 Å². The number of pyridine rings is 1. The zero-order valence-corrected chi connectivity index (χ0v) is 12.1. The summed E-state index contributed by atoms with van der Waals surface area (Å²) in [6, 6.07) is 9.19. The molecule has 1 heterocycles. The molecule has 4 nitrogen and oxygen atoms in total. The minimum absolute atomic E-state index is 0.384. The number of carbonyl (C=O) groups excluding carboxylic acids is 1. The normalized spacial score (nSPS) is 13.2. The number of rotatable bonds is 3. The van der Waals surface area contributed by atoms with Gasteiger partial charge in [-0.3, -0.25) is 9.78 Å². The van der Waals surface area contributed by atoms with Crippen molar-refractivity contribution in [1.82, 2.24) is 4.98 Å². The van der Waals surface area contributed by atoms with Crippen molar-refractivity contribution in [3.8, 4) is 0 Å². The third-order valence-corrected chi connectivity index (χ3v) is 2.81. The standard InChI is InChI=1S/C16H20N2O2/c1-16(2,3)20-15(19)13(17)9-11-8-12-6-4-5-7-14(12)18-10-11/h4-8,10,13H,9,17H2,1-3H3. The molecule has 0 bridgehead atoms. The highest BCUT2D eigenvalue weighted by molar-refractivity contribution is 5.79. The van der Waals surface area contributed by atoms with Crippen LogP contribution in [0.1, 0.15) is 26.3 Å². The highest BCUT2D eigenvalue weighted by Gasteiger charge is 2.22. The summed E-state index contributed by atoms with van der Waals surface area (Å²) in [6.07, 6.45) is 2.18. The average Bonchev–Trinajstić information content (AvgIpc) is 2.36. The SMILES string of the molecule is CC(C)(C)OC(=O)C(N)Cc1cnc2ccccc2c1. The molecule has 0 aliphatic heterocycles. The van der Waals surface area contributed by atoms with Gasteiger partial charge in [0.25, 0.3) is 0 Å². The minimum Gasteiger partial charge on any atom is -0.459 e. The monoisotopic (exact) mass is 272 g/mol. The van der Waals surface area contributed by atoms with Crippen LogP contribution in [-0.4, -0.2) is 22.6 Å². The van der Waals surface area contributed by atoms with Gasteiger partial charge in [0.2, 0.25) is 0 Å². The largest absolute Gasteiger partial charge is 0.459 e. The van der Waals surface area contributed by atoms with E-state index in [2.05, 4.69) is 4.98 Å². The molecule has 0 amide bonds. The van der Waals surface area contributed by atoms with Gasteiger partial charge in [0.15, 0.2) is 0 Å². The number of carbonyl (C=O) groups is 1. The lowest BCUT2D eigenvalue weighted by Gasteiger charge is -2.22. The van der Waals surface area contributed by atoms with Crippen molar-refractivity contribution in [3.05, 3.63) is 42.1 Å². The summed E-state index contributed by atoms with van der Waals surface area (Å²) in [5.74, 6) is -0.384. The van der Waals surface area contributed by atoms with Crippen molar-refractivity contribution in [2.24, 2.45) is 5.73 Å².